The van der Waals surface area contributed by atoms with Crippen LogP contribution in [0.25, 0.3) is 0 Å². The Morgan fingerprint density at radius 3 is 2.71 bits per heavy atom. The van der Waals surface area contributed by atoms with Crippen LogP contribution in [0.3, 0.4) is 0 Å². The number of allylic oxidation sites excluding steroid dienone is 2. The van der Waals surface area contributed by atoms with Crippen LogP contribution in [0.4, 0.5) is 0 Å². The van der Waals surface area contributed by atoms with Crippen LogP contribution in [0.15, 0.2) is 42.2 Å². The molecule has 2 fully saturated rings. The van der Waals surface area contributed by atoms with Gasteiger partial charge in [-0.15, -0.1) is 0 Å². The van der Waals surface area contributed by atoms with Crippen LogP contribution in [0.5, 0.6) is 5.75 Å². The molecule has 4 atom stereocenters. The summed E-state index contributed by atoms with van der Waals surface area (Å²) in [6, 6.07) is 10.2. The van der Waals surface area contributed by atoms with Gasteiger partial charge in [0.05, 0.1) is 0 Å². The molecule has 3 aliphatic rings. The molecule has 0 aromatic heterocycles. The first kappa shape index (κ1) is 9.76. The molecule has 4 rings (SSSR count). The smallest absolute Gasteiger partial charge is 0.126 e. The van der Waals surface area contributed by atoms with Crippen molar-refractivity contribution >= 4 is 0 Å². The molecule has 1 aromatic carbocycles. The molecule has 0 saturated heterocycles. The maximum absolute atomic E-state index is 6.08. The molecule has 0 spiro atoms. The standard InChI is InChI=1S/C16H18O/c1-2-5-12(6-3-1)17-16-10-11-9-15(16)14-8-4-7-13(11)14/h1-3,5-6,10-11,13-15H,4,7-9H2/t11-,13-,14+,15+/m1/s1. The number of ether oxygens (including phenoxy) is 1. The SMILES string of the molecule is C1=C(Oc2ccccc2)[C@H]2C[C@H]1[C@H]1CCC[C@@H]12. The Balaban J connectivity index is 1.57. The van der Waals surface area contributed by atoms with Gasteiger partial charge in [0.1, 0.15) is 11.5 Å². The molecule has 0 amide bonds. The molecule has 1 aromatic rings. The molecule has 1 nitrogen and oxygen atoms in total. The van der Waals surface area contributed by atoms with Gasteiger partial charge in [-0.25, -0.2) is 0 Å². The van der Waals surface area contributed by atoms with Gasteiger partial charge in [-0.2, -0.15) is 0 Å². The third-order valence-electron chi connectivity index (χ3n) is 4.94. The van der Waals surface area contributed by atoms with Gasteiger partial charge in [-0.3, -0.25) is 0 Å². The molecular formula is C16H18O. The van der Waals surface area contributed by atoms with Crippen molar-refractivity contribution in [1.29, 1.82) is 0 Å². The van der Waals surface area contributed by atoms with Crippen molar-refractivity contribution < 1.29 is 4.74 Å². The Labute approximate surface area is 102 Å². The van der Waals surface area contributed by atoms with E-state index in [1.165, 1.54) is 31.4 Å². The van der Waals surface area contributed by atoms with Crippen molar-refractivity contribution in [2.75, 3.05) is 0 Å². The van der Waals surface area contributed by atoms with Gasteiger partial charge in [0.15, 0.2) is 0 Å². The summed E-state index contributed by atoms with van der Waals surface area (Å²) in [6.07, 6.45) is 8.11. The summed E-state index contributed by atoms with van der Waals surface area (Å²) in [5.74, 6) is 5.75. The molecular weight excluding hydrogens is 208 g/mol. The maximum Gasteiger partial charge on any atom is 0.126 e. The van der Waals surface area contributed by atoms with Gasteiger partial charge in [0, 0.05) is 5.92 Å². The third-order valence-corrected chi connectivity index (χ3v) is 4.94. The summed E-state index contributed by atoms with van der Waals surface area (Å²) in [6.45, 7) is 0. The average molecular weight is 226 g/mol. The molecule has 17 heavy (non-hydrogen) atoms. The van der Waals surface area contributed by atoms with Crippen molar-refractivity contribution in [2.24, 2.45) is 23.7 Å². The van der Waals surface area contributed by atoms with E-state index in [0.29, 0.717) is 0 Å². The number of hydrogen-bond donors (Lipinski definition) is 0. The molecule has 2 bridgehead atoms. The summed E-state index contributed by atoms with van der Waals surface area (Å²) in [5, 5.41) is 0. The summed E-state index contributed by atoms with van der Waals surface area (Å²) in [5.41, 5.74) is 0. The van der Waals surface area contributed by atoms with E-state index in [-0.39, 0.29) is 0 Å². The second kappa shape index (κ2) is 3.63. The van der Waals surface area contributed by atoms with Crippen molar-refractivity contribution in [1.82, 2.24) is 0 Å². The van der Waals surface area contributed by atoms with Crippen LogP contribution >= 0.6 is 0 Å². The Bertz CT molecular complexity index is 448. The zero-order valence-electron chi connectivity index (χ0n) is 10.0. The number of rotatable bonds is 2. The van der Waals surface area contributed by atoms with Crippen LogP contribution in [0, 0.1) is 23.7 Å². The quantitative estimate of drug-likeness (QED) is 0.740. The lowest BCUT2D eigenvalue weighted by Gasteiger charge is -2.25. The zero-order chi connectivity index (χ0) is 11.2. The van der Waals surface area contributed by atoms with E-state index in [9.17, 15) is 0 Å². The molecule has 0 radical (unpaired) electrons. The van der Waals surface area contributed by atoms with Crippen molar-refractivity contribution in [3.63, 3.8) is 0 Å². The van der Waals surface area contributed by atoms with E-state index in [4.69, 9.17) is 4.74 Å². The minimum Gasteiger partial charge on any atom is -0.462 e. The Kier molecular flexibility index (Phi) is 2.08. The molecule has 3 aliphatic carbocycles. The van der Waals surface area contributed by atoms with Crippen LogP contribution < -0.4 is 4.74 Å². The Hall–Kier alpha value is -1.24. The van der Waals surface area contributed by atoms with E-state index < -0.39 is 0 Å². The Morgan fingerprint density at radius 1 is 1.00 bits per heavy atom. The van der Waals surface area contributed by atoms with E-state index in [1.807, 2.05) is 18.2 Å². The molecule has 88 valence electrons. The molecule has 1 heteroatoms. The summed E-state index contributed by atoms with van der Waals surface area (Å²) < 4.78 is 6.08. The molecule has 0 unspecified atom stereocenters. The van der Waals surface area contributed by atoms with Gasteiger partial charge in [-0.05, 0) is 55.2 Å². The molecule has 0 heterocycles. The minimum absolute atomic E-state index is 0.729. The topological polar surface area (TPSA) is 9.23 Å². The highest BCUT2D eigenvalue weighted by Crippen LogP contribution is 2.58. The number of benzene rings is 1. The van der Waals surface area contributed by atoms with Gasteiger partial charge >= 0.3 is 0 Å². The van der Waals surface area contributed by atoms with Crippen molar-refractivity contribution in [2.45, 2.75) is 25.7 Å². The highest BCUT2D eigenvalue weighted by atomic mass is 16.5. The zero-order valence-corrected chi connectivity index (χ0v) is 10.0. The number of para-hydroxylation sites is 1. The predicted molar refractivity (Wildman–Crippen MR) is 67.6 cm³/mol. The third kappa shape index (κ3) is 1.45. The van der Waals surface area contributed by atoms with Crippen LogP contribution in [-0.4, -0.2) is 0 Å². The summed E-state index contributed by atoms with van der Waals surface area (Å²) in [4.78, 5) is 0. The lowest BCUT2D eigenvalue weighted by molar-refractivity contribution is 0.272. The Morgan fingerprint density at radius 2 is 1.82 bits per heavy atom. The average Bonchev–Trinajstić information content (AvgIpc) is 3.01. The first-order valence-electron chi connectivity index (χ1n) is 6.86. The predicted octanol–water partition coefficient (Wildman–Crippen LogP) is 4.02. The van der Waals surface area contributed by atoms with Crippen molar-refractivity contribution in [3.05, 3.63) is 42.2 Å². The summed E-state index contributed by atoms with van der Waals surface area (Å²) >= 11 is 0. The largest absolute Gasteiger partial charge is 0.462 e. The van der Waals surface area contributed by atoms with E-state index in [1.54, 1.807) is 0 Å². The first-order chi connectivity index (χ1) is 8.42. The van der Waals surface area contributed by atoms with Crippen LogP contribution in [0.1, 0.15) is 25.7 Å². The lowest BCUT2D eigenvalue weighted by atomic mass is 9.85. The van der Waals surface area contributed by atoms with E-state index >= 15 is 0 Å². The van der Waals surface area contributed by atoms with Gasteiger partial charge in [-0.1, -0.05) is 24.6 Å². The fourth-order valence-electron chi connectivity index (χ4n) is 4.28. The molecule has 0 aliphatic heterocycles. The van der Waals surface area contributed by atoms with Crippen LogP contribution in [0.2, 0.25) is 0 Å². The maximum atomic E-state index is 6.08. The second-order valence-corrected chi connectivity index (χ2v) is 5.75. The first-order valence-corrected chi connectivity index (χ1v) is 6.86. The fraction of sp³-hybridized carbons (Fsp3) is 0.500. The minimum atomic E-state index is 0.729. The second-order valence-electron chi connectivity index (χ2n) is 5.75. The monoisotopic (exact) mass is 226 g/mol. The van der Waals surface area contributed by atoms with Crippen LogP contribution in [-0.2, 0) is 0 Å². The van der Waals surface area contributed by atoms with Gasteiger partial charge < -0.3 is 4.74 Å². The number of fused-ring (bicyclic) bond motifs is 5. The molecule has 2 saturated carbocycles. The van der Waals surface area contributed by atoms with E-state index in [2.05, 4.69) is 18.2 Å². The fourth-order valence-corrected chi connectivity index (χ4v) is 4.28. The normalized spacial score (nSPS) is 38.0. The van der Waals surface area contributed by atoms with Crippen molar-refractivity contribution in [3.8, 4) is 5.75 Å². The highest BCUT2D eigenvalue weighted by Gasteiger charge is 2.50. The van der Waals surface area contributed by atoms with Gasteiger partial charge in [0.25, 0.3) is 0 Å². The van der Waals surface area contributed by atoms with E-state index in [0.717, 1.165) is 29.4 Å². The highest BCUT2D eigenvalue weighted by molar-refractivity contribution is 5.28. The number of hydrogen-bond acceptors (Lipinski definition) is 1. The lowest BCUT2D eigenvalue weighted by Crippen LogP contribution is -2.19. The van der Waals surface area contributed by atoms with Gasteiger partial charge in [0.2, 0.25) is 0 Å². The summed E-state index contributed by atoms with van der Waals surface area (Å²) in [7, 11) is 0. The molecule has 0 N–H and O–H groups in total.